The fourth-order valence-corrected chi connectivity index (χ4v) is 4.76. The summed E-state index contributed by atoms with van der Waals surface area (Å²) in [4.78, 5) is 38.1. The molecule has 0 aliphatic heterocycles. The van der Waals surface area contributed by atoms with Crippen molar-refractivity contribution >= 4 is 28.6 Å². The van der Waals surface area contributed by atoms with Crippen LogP contribution < -0.4 is 5.32 Å². The second-order valence-electron chi connectivity index (χ2n) is 9.26. The SMILES string of the molecule is CCCCCCCCc1cc(C#N)c(CCC(NC(C)=O)(C(=O)OCC)C(=O)OCC)c2ccccc12. The third-order valence-corrected chi connectivity index (χ3v) is 6.55. The maximum Gasteiger partial charge on any atom is 0.343 e. The number of amides is 1. The number of rotatable bonds is 15. The zero-order valence-corrected chi connectivity index (χ0v) is 22.7. The van der Waals surface area contributed by atoms with Gasteiger partial charge >= 0.3 is 11.9 Å². The van der Waals surface area contributed by atoms with Crippen LogP contribution in [-0.2, 0) is 36.7 Å². The average Bonchev–Trinajstić information content (AvgIpc) is 2.88. The number of nitrogens with one attached hydrogen (secondary N) is 1. The van der Waals surface area contributed by atoms with Gasteiger partial charge in [-0.05, 0) is 67.5 Å². The maximum atomic E-state index is 13.0. The molecule has 0 aliphatic carbocycles. The van der Waals surface area contributed by atoms with Gasteiger partial charge in [0.05, 0.1) is 24.8 Å². The van der Waals surface area contributed by atoms with Crippen LogP contribution in [0.2, 0.25) is 0 Å². The molecule has 0 unspecified atom stereocenters. The standard InChI is InChI=1S/C30H40N2O5/c1-5-8-9-10-11-12-15-23-20-24(21-31)26(27-17-14-13-16-25(23)27)18-19-30(32-22(4)33,28(34)36-6-2)29(35)37-7-3/h13-14,16-17,20H,5-12,15,18-19H2,1-4H3,(H,32,33). The van der Waals surface area contributed by atoms with E-state index in [0.717, 1.165) is 41.2 Å². The summed E-state index contributed by atoms with van der Waals surface area (Å²) in [5.74, 6) is -2.29. The fourth-order valence-electron chi connectivity index (χ4n) is 4.76. The molecule has 0 bridgehead atoms. The molecule has 1 amide bonds. The van der Waals surface area contributed by atoms with Crippen molar-refractivity contribution in [3.8, 4) is 6.07 Å². The highest BCUT2D eigenvalue weighted by Gasteiger charge is 2.49. The molecule has 0 fully saturated rings. The van der Waals surface area contributed by atoms with Crippen molar-refractivity contribution in [2.45, 2.75) is 91.0 Å². The van der Waals surface area contributed by atoms with Gasteiger partial charge in [0.25, 0.3) is 0 Å². The number of nitrogens with zero attached hydrogens (tertiary/aromatic N) is 1. The Morgan fingerprint density at radius 1 is 0.892 bits per heavy atom. The predicted molar refractivity (Wildman–Crippen MR) is 144 cm³/mol. The first-order chi connectivity index (χ1) is 17.8. The number of nitriles is 1. The van der Waals surface area contributed by atoms with Crippen LogP contribution in [0.15, 0.2) is 30.3 Å². The second-order valence-corrected chi connectivity index (χ2v) is 9.26. The number of esters is 2. The summed E-state index contributed by atoms with van der Waals surface area (Å²) >= 11 is 0. The van der Waals surface area contributed by atoms with Crippen molar-refractivity contribution in [2.75, 3.05) is 13.2 Å². The fraction of sp³-hybridized carbons (Fsp3) is 0.533. The number of aryl methyl sites for hydroxylation is 2. The van der Waals surface area contributed by atoms with E-state index < -0.39 is 23.4 Å². The number of hydrogen-bond acceptors (Lipinski definition) is 6. The minimum atomic E-state index is -2.00. The average molecular weight is 509 g/mol. The maximum absolute atomic E-state index is 13.0. The number of fused-ring (bicyclic) bond motifs is 1. The molecule has 2 aromatic carbocycles. The highest BCUT2D eigenvalue weighted by molar-refractivity contribution is 6.07. The summed E-state index contributed by atoms with van der Waals surface area (Å²) in [6.45, 7) is 6.78. The summed E-state index contributed by atoms with van der Waals surface area (Å²) in [7, 11) is 0. The molecule has 2 rings (SSSR count). The van der Waals surface area contributed by atoms with Crippen LogP contribution in [0.3, 0.4) is 0 Å². The molecule has 0 saturated carbocycles. The van der Waals surface area contributed by atoms with Gasteiger partial charge in [-0.25, -0.2) is 9.59 Å². The normalized spacial score (nSPS) is 11.1. The molecule has 7 heteroatoms. The van der Waals surface area contributed by atoms with Crippen LogP contribution in [-0.4, -0.2) is 36.6 Å². The molecule has 0 spiro atoms. The number of carbonyl (C=O) groups excluding carboxylic acids is 3. The van der Waals surface area contributed by atoms with Crippen molar-refractivity contribution in [1.82, 2.24) is 5.32 Å². The van der Waals surface area contributed by atoms with E-state index in [2.05, 4.69) is 18.3 Å². The van der Waals surface area contributed by atoms with E-state index in [1.165, 1.54) is 32.6 Å². The third-order valence-electron chi connectivity index (χ3n) is 6.55. The number of benzene rings is 2. The van der Waals surface area contributed by atoms with Crippen LogP contribution in [0.1, 0.15) is 89.3 Å². The quantitative estimate of drug-likeness (QED) is 0.192. The number of carbonyl (C=O) groups is 3. The van der Waals surface area contributed by atoms with E-state index >= 15 is 0 Å². The first kappa shape index (κ1) is 29.8. The van der Waals surface area contributed by atoms with Crippen LogP contribution in [0.5, 0.6) is 0 Å². The lowest BCUT2D eigenvalue weighted by Crippen LogP contribution is -2.61. The second kappa shape index (κ2) is 15.0. The summed E-state index contributed by atoms with van der Waals surface area (Å²) in [5, 5.41) is 14.5. The Kier molecular flexibility index (Phi) is 12.1. The number of unbranched alkanes of at least 4 members (excludes halogenated alkanes) is 5. The summed E-state index contributed by atoms with van der Waals surface area (Å²) in [6.07, 6.45) is 8.10. The van der Waals surface area contributed by atoms with Crippen LogP contribution in [0.4, 0.5) is 0 Å². The van der Waals surface area contributed by atoms with E-state index in [9.17, 15) is 19.6 Å². The number of hydrogen-bond donors (Lipinski definition) is 1. The Balaban J connectivity index is 2.44. The van der Waals surface area contributed by atoms with Gasteiger partial charge in [-0.3, -0.25) is 4.79 Å². The zero-order chi connectivity index (χ0) is 27.3. The summed E-state index contributed by atoms with van der Waals surface area (Å²) in [6, 6.07) is 12.1. The van der Waals surface area contributed by atoms with Crippen molar-refractivity contribution in [3.05, 3.63) is 47.0 Å². The van der Waals surface area contributed by atoms with E-state index in [1.807, 2.05) is 30.3 Å². The van der Waals surface area contributed by atoms with Crippen LogP contribution in [0, 0.1) is 11.3 Å². The first-order valence-electron chi connectivity index (χ1n) is 13.4. The lowest BCUT2D eigenvalue weighted by molar-refractivity contribution is -0.168. The highest BCUT2D eigenvalue weighted by Crippen LogP contribution is 2.31. The van der Waals surface area contributed by atoms with E-state index in [-0.39, 0.29) is 26.1 Å². The molecule has 0 aliphatic rings. The Labute approximate surface area is 220 Å². The van der Waals surface area contributed by atoms with Crippen molar-refractivity contribution in [1.29, 1.82) is 5.26 Å². The molecule has 200 valence electrons. The zero-order valence-electron chi connectivity index (χ0n) is 22.7. The van der Waals surface area contributed by atoms with Gasteiger partial charge in [-0.15, -0.1) is 0 Å². The topological polar surface area (TPSA) is 105 Å². The van der Waals surface area contributed by atoms with Crippen molar-refractivity contribution in [2.24, 2.45) is 0 Å². The predicted octanol–water partition coefficient (Wildman–Crippen LogP) is 5.55. The van der Waals surface area contributed by atoms with Crippen LogP contribution >= 0.6 is 0 Å². The molecule has 0 heterocycles. The van der Waals surface area contributed by atoms with Gasteiger partial charge < -0.3 is 14.8 Å². The van der Waals surface area contributed by atoms with Gasteiger partial charge in [0.2, 0.25) is 11.4 Å². The van der Waals surface area contributed by atoms with E-state index in [0.29, 0.717) is 5.56 Å². The van der Waals surface area contributed by atoms with Gasteiger partial charge in [0.15, 0.2) is 0 Å². The monoisotopic (exact) mass is 508 g/mol. The molecular weight excluding hydrogens is 468 g/mol. The number of ether oxygens (including phenoxy) is 2. The lowest BCUT2D eigenvalue weighted by atomic mass is 9.85. The Morgan fingerprint density at radius 3 is 2.05 bits per heavy atom. The largest absolute Gasteiger partial charge is 0.464 e. The third kappa shape index (κ3) is 7.79. The molecule has 1 N–H and O–H groups in total. The summed E-state index contributed by atoms with van der Waals surface area (Å²) in [5.41, 5.74) is 0.357. The van der Waals surface area contributed by atoms with Crippen molar-refractivity contribution in [3.63, 3.8) is 0 Å². The van der Waals surface area contributed by atoms with Gasteiger partial charge in [0, 0.05) is 6.92 Å². The molecule has 0 radical (unpaired) electrons. The van der Waals surface area contributed by atoms with Crippen molar-refractivity contribution < 1.29 is 23.9 Å². The Hall–Kier alpha value is -3.40. The van der Waals surface area contributed by atoms with Gasteiger partial charge in [-0.1, -0.05) is 63.3 Å². The molecule has 7 nitrogen and oxygen atoms in total. The molecule has 2 aromatic rings. The molecule has 37 heavy (non-hydrogen) atoms. The minimum Gasteiger partial charge on any atom is -0.464 e. The smallest absolute Gasteiger partial charge is 0.343 e. The Bertz CT molecular complexity index is 1100. The van der Waals surface area contributed by atoms with Gasteiger partial charge in [-0.2, -0.15) is 5.26 Å². The highest BCUT2D eigenvalue weighted by atomic mass is 16.6. The molecule has 0 atom stereocenters. The lowest BCUT2D eigenvalue weighted by Gasteiger charge is -2.30. The molecule has 0 saturated heterocycles. The Morgan fingerprint density at radius 2 is 1.49 bits per heavy atom. The van der Waals surface area contributed by atoms with Gasteiger partial charge in [0.1, 0.15) is 0 Å². The first-order valence-corrected chi connectivity index (χ1v) is 13.4. The van der Waals surface area contributed by atoms with E-state index in [1.54, 1.807) is 13.8 Å². The van der Waals surface area contributed by atoms with E-state index in [4.69, 9.17) is 9.47 Å². The molecule has 0 aromatic heterocycles. The summed E-state index contributed by atoms with van der Waals surface area (Å²) < 4.78 is 10.4. The molecular formula is C30H40N2O5. The van der Waals surface area contributed by atoms with Crippen LogP contribution in [0.25, 0.3) is 10.8 Å². The minimum absolute atomic E-state index is 0.0408.